The number of aryl methyl sites for hydroxylation is 1. The molecule has 0 unspecified atom stereocenters. The van der Waals surface area contributed by atoms with Crippen molar-refractivity contribution in [1.82, 2.24) is 0 Å². The summed E-state index contributed by atoms with van der Waals surface area (Å²) in [6.45, 7) is 2.34. The summed E-state index contributed by atoms with van der Waals surface area (Å²) in [7, 11) is 1.54. The SMILES string of the molecule is COc1ccc(COc2cc(N)ccc2C)cc1C#N. The van der Waals surface area contributed by atoms with Gasteiger partial charge in [-0.05, 0) is 36.2 Å². The molecular formula is C16H16N2O2. The summed E-state index contributed by atoms with van der Waals surface area (Å²) in [6, 6.07) is 13.1. The van der Waals surface area contributed by atoms with Gasteiger partial charge < -0.3 is 15.2 Å². The number of methoxy groups -OCH3 is 1. The molecule has 4 heteroatoms. The Hall–Kier alpha value is -2.67. The topological polar surface area (TPSA) is 68.3 Å². The van der Waals surface area contributed by atoms with Crippen molar-refractivity contribution in [1.29, 1.82) is 5.26 Å². The van der Waals surface area contributed by atoms with Crippen LogP contribution in [0.3, 0.4) is 0 Å². The standard InChI is InChI=1S/C16H16N2O2/c1-11-3-5-14(18)8-16(11)20-10-12-4-6-15(19-2)13(7-12)9-17/h3-8H,10,18H2,1-2H3. The van der Waals surface area contributed by atoms with E-state index in [-0.39, 0.29) is 0 Å². The Morgan fingerprint density at radius 1 is 1.15 bits per heavy atom. The second kappa shape index (κ2) is 5.98. The normalized spacial score (nSPS) is 9.85. The van der Waals surface area contributed by atoms with E-state index in [2.05, 4.69) is 6.07 Å². The molecule has 0 aliphatic carbocycles. The van der Waals surface area contributed by atoms with Crippen LogP contribution in [-0.2, 0) is 6.61 Å². The number of rotatable bonds is 4. The smallest absolute Gasteiger partial charge is 0.136 e. The van der Waals surface area contributed by atoms with Gasteiger partial charge in [0.15, 0.2) is 0 Å². The predicted molar refractivity (Wildman–Crippen MR) is 77.6 cm³/mol. The van der Waals surface area contributed by atoms with E-state index < -0.39 is 0 Å². The number of nitrogens with two attached hydrogens (primary N) is 1. The minimum atomic E-state index is 0.378. The number of nitrogen functional groups attached to an aromatic ring is 1. The maximum absolute atomic E-state index is 9.05. The van der Waals surface area contributed by atoms with Crippen molar-refractivity contribution in [2.45, 2.75) is 13.5 Å². The molecule has 0 aliphatic rings. The van der Waals surface area contributed by atoms with Crippen LogP contribution >= 0.6 is 0 Å². The fourth-order valence-electron chi connectivity index (χ4n) is 1.87. The molecule has 20 heavy (non-hydrogen) atoms. The van der Waals surface area contributed by atoms with E-state index in [0.29, 0.717) is 23.6 Å². The highest BCUT2D eigenvalue weighted by Crippen LogP contribution is 2.23. The highest BCUT2D eigenvalue weighted by Gasteiger charge is 2.05. The van der Waals surface area contributed by atoms with Gasteiger partial charge in [0.05, 0.1) is 12.7 Å². The molecule has 2 N–H and O–H groups in total. The first-order valence-electron chi connectivity index (χ1n) is 6.20. The van der Waals surface area contributed by atoms with Crippen LogP contribution in [0, 0.1) is 18.3 Å². The van der Waals surface area contributed by atoms with Crippen molar-refractivity contribution in [2.75, 3.05) is 12.8 Å². The fraction of sp³-hybridized carbons (Fsp3) is 0.188. The van der Waals surface area contributed by atoms with E-state index in [1.807, 2.05) is 25.1 Å². The fourth-order valence-corrected chi connectivity index (χ4v) is 1.87. The summed E-state index contributed by atoms with van der Waals surface area (Å²) in [5, 5.41) is 9.05. The van der Waals surface area contributed by atoms with Gasteiger partial charge in [0.1, 0.15) is 24.2 Å². The van der Waals surface area contributed by atoms with Gasteiger partial charge in [-0.15, -0.1) is 0 Å². The Morgan fingerprint density at radius 3 is 2.65 bits per heavy atom. The van der Waals surface area contributed by atoms with Crippen molar-refractivity contribution in [3.8, 4) is 17.6 Å². The summed E-state index contributed by atoms with van der Waals surface area (Å²) < 4.78 is 10.9. The third kappa shape index (κ3) is 3.01. The Morgan fingerprint density at radius 2 is 1.95 bits per heavy atom. The molecule has 0 aromatic heterocycles. The van der Waals surface area contributed by atoms with E-state index in [1.165, 1.54) is 0 Å². The lowest BCUT2D eigenvalue weighted by Crippen LogP contribution is -1.99. The molecule has 2 aromatic carbocycles. The first kappa shape index (κ1) is 13.8. The molecule has 0 spiro atoms. The van der Waals surface area contributed by atoms with E-state index in [0.717, 1.165) is 16.9 Å². The quantitative estimate of drug-likeness (QED) is 0.865. The van der Waals surface area contributed by atoms with Crippen LogP contribution in [0.4, 0.5) is 5.69 Å². The zero-order chi connectivity index (χ0) is 14.5. The van der Waals surface area contributed by atoms with Gasteiger partial charge in [-0.3, -0.25) is 0 Å². The van der Waals surface area contributed by atoms with E-state index >= 15 is 0 Å². The van der Waals surface area contributed by atoms with E-state index in [1.54, 1.807) is 25.3 Å². The maximum atomic E-state index is 9.05. The van der Waals surface area contributed by atoms with Crippen LogP contribution in [0.15, 0.2) is 36.4 Å². The Labute approximate surface area is 118 Å². The minimum absolute atomic E-state index is 0.378. The predicted octanol–water partition coefficient (Wildman–Crippen LogP) is 3.04. The maximum Gasteiger partial charge on any atom is 0.136 e. The van der Waals surface area contributed by atoms with Crippen LogP contribution in [0.25, 0.3) is 0 Å². The largest absolute Gasteiger partial charge is 0.495 e. The number of nitriles is 1. The number of anilines is 1. The van der Waals surface area contributed by atoms with Crippen LogP contribution in [-0.4, -0.2) is 7.11 Å². The molecule has 0 radical (unpaired) electrons. The molecule has 102 valence electrons. The molecule has 0 heterocycles. The average Bonchev–Trinajstić information content (AvgIpc) is 2.47. The first-order valence-corrected chi connectivity index (χ1v) is 6.20. The monoisotopic (exact) mass is 268 g/mol. The molecule has 0 amide bonds. The second-order valence-electron chi connectivity index (χ2n) is 4.46. The second-order valence-corrected chi connectivity index (χ2v) is 4.46. The zero-order valence-electron chi connectivity index (χ0n) is 11.5. The Balaban J connectivity index is 2.15. The number of hydrogen-bond acceptors (Lipinski definition) is 4. The third-order valence-corrected chi connectivity index (χ3v) is 2.99. The van der Waals surface area contributed by atoms with Crippen LogP contribution in [0.2, 0.25) is 0 Å². The zero-order valence-corrected chi connectivity index (χ0v) is 11.5. The average molecular weight is 268 g/mol. The molecule has 0 aliphatic heterocycles. The molecule has 0 atom stereocenters. The van der Waals surface area contributed by atoms with Crippen molar-refractivity contribution >= 4 is 5.69 Å². The molecule has 0 fully saturated rings. The van der Waals surface area contributed by atoms with Crippen LogP contribution in [0.5, 0.6) is 11.5 Å². The summed E-state index contributed by atoms with van der Waals surface area (Å²) in [5.74, 6) is 1.32. The number of nitrogens with zero attached hydrogens (tertiary/aromatic N) is 1. The highest BCUT2D eigenvalue weighted by molar-refractivity contribution is 5.48. The van der Waals surface area contributed by atoms with Crippen molar-refractivity contribution in [2.24, 2.45) is 0 Å². The molecule has 2 aromatic rings. The van der Waals surface area contributed by atoms with E-state index in [9.17, 15) is 0 Å². The van der Waals surface area contributed by atoms with Gasteiger partial charge in [0.2, 0.25) is 0 Å². The molecule has 0 saturated heterocycles. The van der Waals surface area contributed by atoms with Gasteiger partial charge in [-0.1, -0.05) is 12.1 Å². The van der Waals surface area contributed by atoms with Gasteiger partial charge in [0.25, 0.3) is 0 Å². The number of benzene rings is 2. The summed E-state index contributed by atoms with van der Waals surface area (Å²) >= 11 is 0. The van der Waals surface area contributed by atoms with Gasteiger partial charge in [0, 0.05) is 11.8 Å². The molecule has 2 rings (SSSR count). The van der Waals surface area contributed by atoms with E-state index in [4.69, 9.17) is 20.5 Å². The summed E-state index contributed by atoms with van der Waals surface area (Å²) in [5.41, 5.74) is 8.83. The molecular weight excluding hydrogens is 252 g/mol. The van der Waals surface area contributed by atoms with Crippen molar-refractivity contribution in [3.63, 3.8) is 0 Å². The lowest BCUT2D eigenvalue weighted by atomic mass is 10.1. The van der Waals surface area contributed by atoms with Gasteiger partial charge in [-0.25, -0.2) is 0 Å². The third-order valence-electron chi connectivity index (χ3n) is 2.99. The van der Waals surface area contributed by atoms with Crippen LogP contribution < -0.4 is 15.2 Å². The van der Waals surface area contributed by atoms with Gasteiger partial charge in [-0.2, -0.15) is 5.26 Å². The van der Waals surface area contributed by atoms with Crippen molar-refractivity contribution in [3.05, 3.63) is 53.1 Å². The van der Waals surface area contributed by atoms with Crippen molar-refractivity contribution < 1.29 is 9.47 Å². The lowest BCUT2D eigenvalue weighted by Gasteiger charge is -2.11. The molecule has 4 nitrogen and oxygen atoms in total. The first-order chi connectivity index (χ1) is 9.63. The molecule has 0 saturated carbocycles. The Bertz CT molecular complexity index is 660. The summed E-state index contributed by atoms with van der Waals surface area (Å²) in [4.78, 5) is 0. The number of ether oxygens (including phenoxy) is 2. The molecule has 0 bridgehead atoms. The van der Waals surface area contributed by atoms with Gasteiger partial charge >= 0.3 is 0 Å². The summed E-state index contributed by atoms with van der Waals surface area (Å²) in [6.07, 6.45) is 0. The van der Waals surface area contributed by atoms with Crippen LogP contribution in [0.1, 0.15) is 16.7 Å². The Kier molecular flexibility index (Phi) is 4.11. The highest BCUT2D eigenvalue weighted by atomic mass is 16.5. The minimum Gasteiger partial charge on any atom is -0.495 e. The number of hydrogen-bond donors (Lipinski definition) is 1. The lowest BCUT2D eigenvalue weighted by molar-refractivity contribution is 0.304.